The summed E-state index contributed by atoms with van der Waals surface area (Å²) in [6.07, 6.45) is 1.68. The number of piperidine rings is 1. The second kappa shape index (κ2) is 9.93. The van der Waals surface area contributed by atoms with Gasteiger partial charge in [-0.3, -0.25) is 0 Å². The summed E-state index contributed by atoms with van der Waals surface area (Å²) in [6.45, 7) is 11.5. The first-order chi connectivity index (χ1) is 17.3. The monoisotopic (exact) mass is 688 g/mol. The van der Waals surface area contributed by atoms with E-state index in [4.69, 9.17) is 14.7 Å². The van der Waals surface area contributed by atoms with Crippen LogP contribution in [0, 0.1) is 20.7 Å². The Morgan fingerprint density at radius 3 is 2.46 bits per heavy atom. The second-order valence-electron chi connectivity index (χ2n) is 12.1. The van der Waals surface area contributed by atoms with Crippen molar-refractivity contribution in [3.05, 3.63) is 19.9 Å². The Morgan fingerprint density at radius 2 is 1.86 bits per heavy atom. The van der Waals surface area contributed by atoms with Crippen LogP contribution in [-0.4, -0.2) is 91.4 Å². The Labute approximate surface area is 240 Å². The fourth-order valence-corrected chi connectivity index (χ4v) is 6.47. The molecule has 1 aromatic carbocycles. The van der Waals surface area contributed by atoms with Crippen molar-refractivity contribution in [1.82, 2.24) is 19.8 Å². The van der Waals surface area contributed by atoms with Gasteiger partial charge in [-0.15, -0.1) is 0 Å². The number of likely N-dealkylation sites (tertiary alicyclic amines) is 1. The third kappa shape index (κ3) is 5.50. The van der Waals surface area contributed by atoms with Crippen molar-refractivity contribution in [3.63, 3.8) is 0 Å². The van der Waals surface area contributed by atoms with Crippen LogP contribution in [0.15, 0.2) is 10.5 Å². The first-order valence-corrected chi connectivity index (χ1v) is 14.7. The molecule has 1 spiro atoms. The van der Waals surface area contributed by atoms with Crippen molar-refractivity contribution in [2.45, 2.75) is 39.2 Å². The molecule has 3 aliphatic heterocycles. The third-order valence-electron chi connectivity index (χ3n) is 7.49. The van der Waals surface area contributed by atoms with E-state index in [1.54, 1.807) is 0 Å². The number of ether oxygens (including phenoxy) is 1. The van der Waals surface area contributed by atoms with Crippen LogP contribution in [0.3, 0.4) is 0 Å². The topological polar surface area (TPSA) is 65.0 Å². The Morgan fingerprint density at radius 1 is 1.22 bits per heavy atom. The van der Waals surface area contributed by atoms with Crippen molar-refractivity contribution in [3.8, 4) is 0 Å². The van der Waals surface area contributed by atoms with E-state index in [2.05, 4.69) is 67.3 Å². The predicted molar refractivity (Wildman–Crippen MR) is 156 cm³/mol. The molecule has 0 bridgehead atoms. The van der Waals surface area contributed by atoms with E-state index >= 15 is 4.39 Å². The normalized spacial score (nSPS) is 20.0. The van der Waals surface area contributed by atoms with Crippen molar-refractivity contribution >= 4 is 67.3 Å². The van der Waals surface area contributed by atoms with Crippen LogP contribution < -0.4 is 9.80 Å². The van der Waals surface area contributed by atoms with Gasteiger partial charge >= 0.3 is 6.09 Å². The first-order valence-electron chi connectivity index (χ1n) is 12.8. The smallest absolute Gasteiger partial charge is 0.410 e. The third-order valence-corrected chi connectivity index (χ3v) is 9.85. The maximum Gasteiger partial charge on any atom is 0.410 e. The van der Waals surface area contributed by atoms with Crippen molar-refractivity contribution in [2.75, 3.05) is 69.7 Å². The largest absolute Gasteiger partial charge is 0.444 e. The lowest BCUT2D eigenvalue weighted by Gasteiger charge is -2.53. The summed E-state index contributed by atoms with van der Waals surface area (Å²) in [5.74, 6) is 1.63. The standard InChI is InChI=1S/C26H35BrFIN6O2/c1-25(2,3)37-24(36)35-14-26(15-35)6-8-33(9-7-26)22-17-10-18(29)19(27)20(28)21(17)30-23(31-22)34-12-16(13-34)11-32(4)5/h10,16H,6-9,11-15H2,1-5H3. The summed E-state index contributed by atoms with van der Waals surface area (Å²) in [5.41, 5.74) is 0.00149. The van der Waals surface area contributed by atoms with Gasteiger partial charge in [0.05, 0.1) is 4.47 Å². The van der Waals surface area contributed by atoms with Crippen LogP contribution in [-0.2, 0) is 4.74 Å². The summed E-state index contributed by atoms with van der Waals surface area (Å²) in [4.78, 5) is 30.6. The van der Waals surface area contributed by atoms with Crippen molar-refractivity contribution in [1.29, 1.82) is 0 Å². The molecule has 0 N–H and O–H groups in total. The summed E-state index contributed by atoms with van der Waals surface area (Å²) >= 11 is 5.55. The number of carbonyl (C=O) groups excluding carboxylic acids is 1. The van der Waals surface area contributed by atoms with E-state index in [-0.39, 0.29) is 17.3 Å². The molecule has 5 rings (SSSR count). The summed E-state index contributed by atoms with van der Waals surface area (Å²) < 4.78 is 22.2. The number of fused-ring (bicyclic) bond motifs is 1. The van der Waals surface area contributed by atoms with Crippen LogP contribution in [0.5, 0.6) is 0 Å². The summed E-state index contributed by atoms with van der Waals surface area (Å²) in [7, 11) is 4.17. The fourth-order valence-electron chi connectivity index (χ4n) is 5.62. The number of hydrogen-bond acceptors (Lipinski definition) is 7. The number of carbonyl (C=O) groups is 1. The van der Waals surface area contributed by atoms with Gasteiger partial charge in [-0.1, -0.05) is 0 Å². The number of amides is 1. The molecule has 0 radical (unpaired) electrons. The highest BCUT2D eigenvalue weighted by Crippen LogP contribution is 2.43. The minimum Gasteiger partial charge on any atom is -0.444 e. The molecular weight excluding hydrogens is 654 g/mol. The predicted octanol–water partition coefficient (Wildman–Crippen LogP) is 4.97. The van der Waals surface area contributed by atoms with E-state index in [0.29, 0.717) is 21.9 Å². The van der Waals surface area contributed by atoms with Gasteiger partial charge in [-0.2, -0.15) is 4.98 Å². The van der Waals surface area contributed by atoms with E-state index in [1.165, 1.54) is 0 Å². The highest BCUT2D eigenvalue weighted by atomic mass is 127. The summed E-state index contributed by atoms with van der Waals surface area (Å²) in [6, 6.07) is 1.98. The second-order valence-corrected chi connectivity index (χ2v) is 14.0. The lowest BCUT2D eigenvalue weighted by atomic mass is 9.72. The van der Waals surface area contributed by atoms with E-state index in [0.717, 1.165) is 73.4 Å². The lowest BCUT2D eigenvalue weighted by molar-refractivity contribution is -0.0434. The van der Waals surface area contributed by atoms with E-state index in [9.17, 15) is 4.79 Å². The molecule has 11 heteroatoms. The number of hydrogen-bond donors (Lipinski definition) is 0. The Bertz CT molecular complexity index is 1200. The Balaban J connectivity index is 1.35. The van der Waals surface area contributed by atoms with E-state index in [1.807, 2.05) is 31.7 Å². The molecule has 0 atom stereocenters. The molecule has 3 aliphatic rings. The molecule has 0 saturated carbocycles. The van der Waals surface area contributed by atoms with Gasteiger partial charge in [-0.25, -0.2) is 14.2 Å². The number of nitrogens with zero attached hydrogens (tertiary/aromatic N) is 6. The molecule has 3 fully saturated rings. The van der Waals surface area contributed by atoms with Crippen molar-refractivity contribution in [2.24, 2.45) is 11.3 Å². The molecule has 2 aromatic rings. The maximum absolute atomic E-state index is 15.4. The van der Waals surface area contributed by atoms with Gasteiger partial charge in [-0.05, 0) is 92.3 Å². The van der Waals surface area contributed by atoms with Gasteiger partial charge in [0.1, 0.15) is 16.9 Å². The summed E-state index contributed by atoms with van der Waals surface area (Å²) in [5, 5.41) is 0.749. The Kier molecular flexibility index (Phi) is 7.27. The molecular formula is C26H35BrFIN6O2. The zero-order valence-electron chi connectivity index (χ0n) is 22.2. The molecule has 1 amide bonds. The minimum atomic E-state index is -0.486. The maximum atomic E-state index is 15.4. The van der Waals surface area contributed by atoms with Crippen LogP contribution >= 0.6 is 38.5 Å². The average Bonchev–Trinajstić information content (AvgIpc) is 2.76. The Hall–Kier alpha value is -1.47. The van der Waals surface area contributed by atoms with Gasteiger partial charge in [0.25, 0.3) is 0 Å². The van der Waals surface area contributed by atoms with Crippen LogP contribution in [0.2, 0.25) is 0 Å². The molecule has 1 aromatic heterocycles. The van der Waals surface area contributed by atoms with Crippen LogP contribution in [0.4, 0.5) is 21.0 Å². The van der Waals surface area contributed by atoms with Crippen molar-refractivity contribution < 1.29 is 13.9 Å². The molecule has 4 heterocycles. The quantitative estimate of drug-likeness (QED) is 0.332. The molecule has 0 aliphatic carbocycles. The van der Waals surface area contributed by atoms with Gasteiger partial charge in [0, 0.05) is 66.1 Å². The highest BCUT2D eigenvalue weighted by molar-refractivity contribution is 14.1. The number of rotatable bonds is 4. The number of anilines is 2. The lowest BCUT2D eigenvalue weighted by Crippen LogP contribution is -2.62. The number of benzene rings is 1. The molecule has 37 heavy (non-hydrogen) atoms. The fraction of sp³-hybridized carbons (Fsp3) is 0.654. The van der Waals surface area contributed by atoms with Gasteiger partial charge in [0.15, 0.2) is 5.82 Å². The molecule has 202 valence electrons. The SMILES string of the molecule is CN(C)CC1CN(c2nc(N3CCC4(CC3)CN(C(=O)OC(C)(C)C)C4)c3cc(I)c(Br)c(F)c3n2)C1. The van der Waals surface area contributed by atoms with Crippen LogP contribution in [0.25, 0.3) is 10.9 Å². The highest BCUT2D eigenvalue weighted by Gasteiger charge is 2.48. The molecule has 0 unspecified atom stereocenters. The zero-order chi connectivity index (χ0) is 26.7. The average molecular weight is 689 g/mol. The number of halogens is 3. The molecule has 3 saturated heterocycles. The number of aromatic nitrogens is 2. The van der Waals surface area contributed by atoms with Crippen LogP contribution in [0.1, 0.15) is 33.6 Å². The van der Waals surface area contributed by atoms with Gasteiger partial charge in [0.2, 0.25) is 5.95 Å². The first kappa shape index (κ1) is 27.1. The van der Waals surface area contributed by atoms with E-state index < -0.39 is 5.60 Å². The molecule has 8 nitrogen and oxygen atoms in total. The zero-order valence-corrected chi connectivity index (χ0v) is 25.9. The minimum absolute atomic E-state index is 0.124. The van der Waals surface area contributed by atoms with Gasteiger partial charge < -0.3 is 24.3 Å².